The molecule has 17 heavy (non-hydrogen) atoms. The smallest absolute Gasteiger partial charge is 0.289 e. The number of hydrogen-bond donors (Lipinski definition) is 2. The minimum atomic E-state index is -0.603. The molecule has 1 atom stereocenters. The van der Waals surface area contributed by atoms with Crippen LogP contribution in [0.2, 0.25) is 0 Å². The summed E-state index contributed by atoms with van der Waals surface area (Å²) in [4.78, 5) is 23.3. The molecular weight excluding hydrogens is 222 g/mol. The molecule has 0 aliphatic heterocycles. The highest BCUT2D eigenvalue weighted by atomic mass is 16.5. The van der Waals surface area contributed by atoms with Crippen molar-refractivity contribution in [2.24, 2.45) is 0 Å². The van der Waals surface area contributed by atoms with Crippen LogP contribution in [0.4, 0.5) is 0 Å². The largest absolute Gasteiger partial charge is 0.360 e. The van der Waals surface area contributed by atoms with Gasteiger partial charge in [-0.2, -0.15) is 0 Å². The van der Waals surface area contributed by atoms with Gasteiger partial charge in [-0.3, -0.25) is 9.59 Å². The Bertz CT molecular complexity index is 362. The maximum absolute atomic E-state index is 11.7. The van der Waals surface area contributed by atoms with E-state index in [-0.39, 0.29) is 6.54 Å². The van der Waals surface area contributed by atoms with Crippen LogP contribution in [0.5, 0.6) is 0 Å². The first-order valence-electron chi connectivity index (χ1n) is 5.57. The molecule has 6 nitrogen and oxygen atoms in total. The van der Waals surface area contributed by atoms with Gasteiger partial charge in [-0.1, -0.05) is 18.5 Å². The molecule has 1 aromatic rings. The summed E-state index contributed by atoms with van der Waals surface area (Å²) >= 11 is 0. The van der Waals surface area contributed by atoms with E-state index in [1.54, 1.807) is 13.1 Å². The van der Waals surface area contributed by atoms with Crippen LogP contribution >= 0.6 is 0 Å². The monoisotopic (exact) mass is 239 g/mol. The zero-order valence-electron chi connectivity index (χ0n) is 10.0. The Morgan fingerprint density at radius 1 is 1.53 bits per heavy atom. The molecule has 0 radical (unpaired) electrons. The maximum Gasteiger partial charge on any atom is 0.289 e. The molecule has 0 saturated heterocycles. The first kappa shape index (κ1) is 13.4. The van der Waals surface area contributed by atoms with E-state index >= 15 is 0 Å². The number of hydrogen-bond acceptors (Lipinski definition) is 5. The molecule has 94 valence electrons. The summed E-state index contributed by atoms with van der Waals surface area (Å²) in [6.07, 6.45) is 2.97. The maximum atomic E-state index is 11.7. The molecule has 0 saturated carbocycles. The molecule has 1 amide bonds. The van der Waals surface area contributed by atoms with Gasteiger partial charge in [0.25, 0.3) is 5.91 Å². The Kier molecular flexibility index (Phi) is 5.35. The van der Waals surface area contributed by atoms with Gasteiger partial charge in [-0.25, -0.2) is 0 Å². The van der Waals surface area contributed by atoms with Crippen molar-refractivity contribution in [2.75, 3.05) is 7.05 Å². The van der Waals surface area contributed by atoms with Crippen LogP contribution in [0.1, 0.15) is 25.5 Å². The minimum absolute atomic E-state index is 0.174. The lowest BCUT2D eigenvalue weighted by Gasteiger charge is -2.12. The zero-order valence-corrected chi connectivity index (χ0v) is 10.0. The third kappa shape index (κ3) is 3.99. The lowest BCUT2D eigenvalue weighted by molar-refractivity contribution is -0.139. The second-order valence-electron chi connectivity index (χ2n) is 3.66. The fourth-order valence-electron chi connectivity index (χ4n) is 1.44. The lowest BCUT2D eigenvalue weighted by Crippen LogP contribution is -2.43. The number of carbonyl (C=O) groups is 2. The fraction of sp³-hybridized carbons (Fsp3) is 0.545. The van der Waals surface area contributed by atoms with Gasteiger partial charge in [-0.05, 0) is 13.5 Å². The molecule has 0 aromatic carbocycles. The molecule has 0 fully saturated rings. The molecule has 1 rings (SSSR count). The molecule has 0 spiro atoms. The van der Waals surface area contributed by atoms with Crippen molar-refractivity contribution in [3.8, 4) is 0 Å². The number of aromatic nitrogens is 1. The van der Waals surface area contributed by atoms with E-state index in [0.29, 0.717) is 12.2 Å². The van der Waals surface area contributed by atoms with Gasteiger partial charge in [0.1, 0.15) is 0 Å². The van der Waals surface area contributed by atoms with E-state index in [9.17, 15) is 9.59 Å². The van der Waals surface area contributed by atoms with Gasteiger partial charge in [0.15, 0.2) is 5.76 Å². The number of nitrogens with one attached hydrogen (secondary N) is 2. The number of amides is 1. The standard InChI is InChI=1S/C11H17N3O3/c1-3-4-9(12-2)10(15)11(16)13-7-8-5-6-14-17-8/h5-6,9,12H,3-4,7H2,1-2H3,(H,13,16). The number of ketones is 1. The highest BCUT2D eigenvalue weighted by Gasteiger charge is 2.22. The summed E-state index contributed by atoms with van der Waals surface area (Å²) in [5, 5.41) is 8.83. The molecule has 1 heterocycles. The van der Waals surface area contributed by atoms with Crippen molar-refractivity contribution < 1.29 is 14.1 Å². The third-order valence-electron chi connectivity index (χ3n) is 2.38. The normalized spacial score (nSPS) is 12.1. The van der Waals surface area contributed by atoms with Crippen molar-refractivity contribution in [1.82, 2.24) is 15.8 Å². The van der Waals surface area contributed by atoms with E-state index < -0.39 is 17.7 Å². The van der Waals surface area contributed by atoms with E-state index in [1.165, 1.54) is 6.20 Å². The van der Waals surface area contributed by atoms with Crippen LogP contribution in [0, 0.1) is 0 Å². The summed E-state index contributed by atoms with van der Waals surface area (Å²) in [7, 11) is 1.67. The highest BCUT2D eigenvalue weighted by molar-refractivity contribution is 6.38. The average Bonchev–Trinajstić information content (AvgIpc) is 2.85. The number of rotatable bonds is 7. The second-order valence-corrected chi connectivity index (χ2v) is 3.66. The van der Waals surface area contributed by atoms with Crippen LogP contribution in [-0.4, -0.2) is 29.9 Å². The average molecular weight is 239 g/mol. The van der Waals surface area contributed by atoms with Gasteiger partial charge in [0.05, 0.1) is 18.8 Å². The summed E-state index contributed by atoms with van der Waals surface area (Å²) in [6, 6.07) is 1.21. The molecule has 1 unspecified atom stereocenters. The van der Waals surface area contributed by atoms with E-state index in [0.717, 1.165) is 6.42 Å². The van der Waals surface area contributed by atoms with Gasteiger partial charge in [0, 0.05) is 6.07 Å². The van der Waals surface area contributed by atoms with Crippen molar-refractivity contribution in [3.05, 3.63) is 18.0 Å². The fourth-order valence-corrected chi connectivity index (χ4v) is 1.44. The van der Waals surface area contributed by atoms with E-state index in [2.05, 4.69) is 15.8 Å². The Morgan fingerprint density at radius 3 is 2.82 bits per heavy atom. The van der Waals surface area contributed by atoms with E-state index in [4.69, 9.17) is 4.52 Å². The Hall–Kier alpha value is -1.69. The van der Waals surface area contributed by atoms with Crippen LogP contribution in [-0.2, 0) is 16.1 Å². The molecule has 1 aromatic heterocycles. The van der Waals surface area contributed by atoms with Gasteiger partial charge < -0.3 is 15.2 Å². The van der Waals surface area contributed by atoms with Gasteiger partial charge in [0.2, 0.25) is 5.78 Å². The quantitative estimate of drug-likeness (QED) is 0.666. The number of carbonyl (C=O) groups excluding carboxylic acids is 2. The van der Waals surface area contributed by atoms with Crippen LogP contribution in [0.25, 0.3) is 0 Å². The summed E-state index contributed by atoms with van der Waals surface area (Å²) in [5.74, 6) is -0.536. The third-order valence-corrected chi connectivity index (χ3v) is 2.38. The predicted octanol–water partition coefficient (Wildman–Crippen LogP) is 0.248. The van der Waals surface area contributed by atoms with Crippen molar-refractivity contribution >= 4 is 11.7 Å². The first-order chi connectivity index (χ1) is 8.19. The summed E-state index contributed by atoms with van der Waals surface area (Å²) in [6.45, 7) is 2.14. The minimum Gasteiger partial charge on any atom is -0.360 e. The molecule has 6 heteroatoms. The van der Waals surface area contributed by atoms with Crippen LogP contribution in [0.15, 0.2) is 16.8 Å². The molecule has 0 aliphatic carbocycles. The zero-order chi connectivity index (χ0) is 12.7. The topological polar surface area (TPSA) is 84.2 Å². The van der Waals surface area contributed by atoms with Gasteiger partial charge >= 0.3 is 0 Å². The van der Waals surface area contributed by atoms with Crippen molar-refractivity contribution in [1.29, 1.82) is 0 Å². The molecule has 2 N–H and O–H groups in total. The Morgan fingerprint density at radius 2 is 2.29 bits per heavy atom. The second kappa shape index (κ2) is 6.80. The molecular formula is C11H17N3O3. The molecule has 0 aliphatic rings. The Labute approximate surface area is 99.7 Å². The van der Waals surface area contributed by atoms with E-state index in [1.807, 2.05) is 6.92 Å². The van der Waals surface area contributed by atoms with Crippen LogP contribution in [0.3, 0.4) is 0 Å². The summed E-state index contributed by atoms with van der Waals surface area (Å²) in [5.41, 5.74) is 0. The van der Waals surface area contributed by atoms with Crippen LogP contribution < -0.4 is 10.6 Å². The van der Waals surface area contributed by atoms with Gasteiger partial charge in [-0.15, -0.1) is 0 Å². The first-order valence-corrected chi connectivity index (χ1v) is 5.57. The Balaban J connectivity index is 2.43. The summed E-state index contributed by atoms with van der Waals surface area (Å²) < 4.78 is 4.81. The number of nitrogens with zero attached hydrogens (tertiary/aromatic N) is 1. The lowest BCUT2D eigenvalue weighted by atomic mass is 10.1. The highest BCUT2D eigenvalue weighted by Crippen LogP contribution is 1.99. The predicted molar refractivity (Wildman–Crippen MR) is 61.1 cm³/mol. The van der Waals surface area contributed by atoms with Crippen molar-refractivity contribution in [3.63, 3.8) is 0 Å². The molecule has 0 bridgehead atoms. The van der Waals surface area contributed by atoms with Crippen molar-refractivity contribution in [2.45, 2.75) is 32.4 Å². The SMILES string of the molecule is CCCC(NC)C(=O)C(=O)NCc1ccno1. The number of likely N-dealkylation sites (N-methyl/N-ethyl adjacent to an activating group) is 1. The number of Topliss-reactive ketones (excluding diaryl/α,β-unsaturated/α-hetero) is 1.